The van der Waals surface area contributed by atoms with Crippen molar-refractivity contribution in [3.05, 3.63) is 34.3 Å². The van der Waals surface area contributed by atoms with Gasteiger partial charge in [0.2, 0.25) is 0 Å². The minimum Gasteiger partial charge on any atom is -0.496 e. The number of H-pyrrole nitrogens is 1. The number of ether oxygens (including phenoxy) is 1. The number of aromatic amines is 1. The van der Waals surface area contributed by atoms with E-state index in [0.717, 1.165) is 5.69 Å². The molecule has 2 aromatic rings. The Balaban J connectivity index is 2.47. The van der Waals surface area contributed by atoms with Gasteiger partial charge in [-0.05, 0) is 41.2 Å². The molecule has 1 heterocycles. The van der Waals surface area contributed by atoms with Crippen LogP contribution in [0, 0.1) is 5.82 Å². The fourth-order valence-corrected chi connectivity index (χ4v) is 2.09. The van der Waals surface area contributed by atoms with Crippen LogP contribution in [-0.4, -0.2) is 24.1 Å². The third kappa shape index (κ3) is 2.54. The molecule has 4 nitrogen and oxygen atoms in total. The van der Waals surface area contributed by atoms with Crippen LogP contribution < -0.4 is 10.1 Å². The predicted octanol–water partition coefficient (Wildman–Crippen LogP) is 2.71. The fourth-order valence-electron chi connectivity index (χ4n) is 1.67. The molecule has 2 rings (SSSR count). The van der Waals surface area contributed by atoms with E-state index in [4.69, 9.17) is 4.74 Å². The average Bonchev–Trinajstić information content (AvgIpc) is 2.71. The highest BCUT2D eigenvalue weighted by Crippen LogP contribution is 2.30. The summed E-state index contributed by atoms with van der Waals surface area (Å²) < 4.78 is 19.2. The number of aromatic nitrogens is 2. The molecule has 1 aromatic carbocycles. The van der Waals surface area contributed by atoms with E-state index in [9.17, 15) is 4.39 Å². The molecule has 0 atom stereocenters. The number of imidazole rings is 1. The SMILES string of the molecule is CNCc1[nH]c(-c2cc(F)ccc2OC)nc1Br. The summed E-state index contributed by atoms with van der Waals surface area (Å²) in [7, 11) is 3.39. The first-order valence-corrected chi connectivity index (χ1v) is 6.18. The van der Waals surface area contributed by atoms with Crippen molar-refractivity contribution < 1.29 is 9.13 Å². The van der Waals surface area contributed by atoms with Gasteiger partial charge < -0.3 is 15.0 Å². The topological polar surface area (TPSA) is 49.9 Å². The third-order valence-electron chi connectivity index (χ3n) is 2.50. The molecule has 0 radical (unpaired) electrons. The number of benzene rings is 1. The quantitative estimate of drug-likeness (QED) is 0.912. The fraction of sp³-hybridized carbons (Fsp3) is 0.250. The summed E-state index contributed by atoms with van der Waals surface area (Å²) in [5, 5.41) is 3.02. The first-order valence-electron chi connectivity index (χ1n) is 5.38. The highest BCUT2D eigenvalue weighted by atomic mass is 79.9. The number of methoxy groups -OCH3 is 1. The molecule has 0 unspecified atom stereocenters. The summed E-state index contributed by atoms with van der Waals surface area (Å²) in [5.41, 5.74) is 1.50. The summed E-state index contributed by atoms with van der Waals surface area (Å²) in [5.74, 6) is 0.825. The number of halogens is 2. The van der Waals surface area contributed by atoms with Crippen LogP contribution in [0.1, 0.15) is 5.69 Å². The monoisotopic (exact) mass is 313 g/mol. The van der Waals surface area contributed by atoms with Gasteiger partial charge in [-0.3, -0.25) is 0 Å². The highest BCUT2D eigenvalue weighted by molar-refractivity contribution is 9.10. The summed E-state index contributed by atoms with van der Waals surface area (Å²) in [6.45, 7) is 0.644. The second kappa shape index (κ2) is 5.49. The lowest BCUT2D eigenvalue weighted by Gasteiger charge is -2.05. The van der Waals surface area contributed by atoms with E-state index >= 15 is 0 Å². The zero-order chi connectivity index (χ0) is 13.1. The molecule has 0 spiro atoms. The van der Waals surface area contributed by atoms with Crippen molar-refractivity contribution in [1.29, 1.82) is 0 Å². The van der Waals surface area contributed by atoms with Crippen molar-refractivity contribution in [1.82, 2.24) is 15.3 Å². The molecule has 0 aliphatic carbocycles. The van der Waals surface area contributed by atoms with Crippen LogP contribution in [0.4, 0.5) is 4.39 Å². The van der Waals surface area contributed by atoms with Crippen molar-refractivity contribution in [3.63, 3.8) is 0 Å². The molecule has 0 bridgehead atoms. The van der Waals surface area contributed by atoms with Gasteiger partial charge in [0.15, 0.2) is 0 Å². The van der Waals surface area contributed by atoms with Gasteiger partial charge in [0, 0.05) is 6.54 Å². The standard InChI is InChI=1S/C12H13BrFN3O/c1-15-6-9-11(13)17-12(16-9)8-5-7(14)3-4-10(8)18-2/h3-5,15H,6H2,1-2H3,(H,16,17). The Labute approximate surface area is 113 Å². The van der Waals surface area contributed by atoms with Crippen LogP contribution in [0.25, 0.3) is 11.4 Å². The summed E-state index contributed by atoms with van der Waals surface area (Å²) in [6, 6.07) is 4.33. The molecular formula is C12H13BrFN3O. The van der Waals surface area contributed by atoms with Gasteiger partial charge in [0.25, 0.3) is 0 Å². The van der Waals surface area contributed by atoms with Gasteiger partial charge in [-0.15, -0.1) is 0 Å². The van der Waals surface area contributed by atoms with Crippen LogP contribution in [0.2, 0.25) is 0 Å². The van der Waals surface area contributed by atoms with Crippen LogP contribution in [0.5, 0.6) is 5.75 Å². The second-order valence-electron chi connectivity index (χ2n) is 3.73. The molecular weight excluding hydrogens is 301 g/mol. The van der Waals surface area contributed by atoms with Gasteiger partial charge in [-0.1, -0.05) is 0 Å². The van der Waals surface area contributed by atoms with Crippen LogP contribution >= 0.6 is 15.9 Å². The van der Waals surface area contributed by atoms with E-state index < -0.39 is 0 Å². The summed E-state index contributed by atoms with van der Waals surface area (Å²) in [4.78, 5) is 7.46. The maximum absolute atomic E-state index is 13.3. The largest absolute Gasteiger partial charge is 0.496 e. The number of rotatable bonds is 4. The van der Waals surface area contributed by atoms with Crippen LogP contribution in [0.15, 0.2) is 22.8 Å². The summed E-state index contributed by atoms with van der Waals surface area (Å²) in [6.07, 6.45) is 0. The third-order valence-corrected chi connectivity index (χ3v) is 3.15. The number of nitrogens with zero attached hydrogens (tertiary/aromatic N) is 1. The van der Waals surface area contributed by atoms with Crippen molar-refractivity contribution in [2.24, 2.45) is 0 Å². The average molecular weight is 314 g/mol. The Morgan fingerprint density at radius 1 is 1.50 bits per heavy atom. The summed E-state index contributed by atoms with van der Waals surface area (Å²) >= 11 is 3.36. The highest BCUT2D eigenvalue weighted by Gasteiger charge is 2.13. The first-order chi connectivity index (χ1) is 8.65. The first kappa shape index (κ1) is 13.0. The van der Waals surface area contributed by atoms with Gasteiger partial charge in [-0.2, -0.15) is 0 Å². The zero-order valence-electron chi connectivity index (χ0n) is 10.1. The van der Waals surface area contributed by atoms with E-state index in [1.165, 1.54) is 12.1 Å². The Hall–Kier alpha value is -1.40. The van der Waals surface area contributed by atoms with Crippen molar-refractivity contribution in [3.8, 4) is 17.1 Å². The smallest absolute Gasteiger partial charge is 0.142 e. The Morgan fingerprint density at radius 3 is 2.94 bits per heavy atom. The maximum atomic E-state index is 13.3. The molecule has 1 aromatic heterocycles. The lowest BCUT2D eigenvalue weighted by molar-refractivity contribution is 0.415. The van der Waals surface area contributed by atoms with E-state index in [1.807, 2.05) is 7.05 Å². The Bertz CT molecular complexity index is 556. The molecule has 0 aliphatic heterocycles. The molecule has 0 amide bonds. The Morgan fingerprint density at radius 2 is 2.28 bits per heavy atom. The molecule has 96 valence electrons. The molecule has 18 heavy (non-hydrogen) atoms. The van der Waals surface area contributed by atoms with Gasteiger partial charge in [0.05, 0.1) is 18.4 Å². The minimum atomic E-state index is -0.325. The predicted molar refractivity (Wildman–Crippen MR) is 71.0 cm³/mol. The molecule has 2 N–H and O–H groups in total. The molecule has 0 aliphatic rings. The number of hydrogen-bond acceptors (Lipinski definition) is 3. The van der Waals surface area contributed by atoms with E-state index in [2.05, 4.69) is 31.2 Å². The van der Waals surface area contributed by atoms with Gasteiger partial charge in [-0.25, -0.2) is 9.37 Å². The molecule has 6 heteroatoms. The molecule has 0 saturated heterocycles. The van der Waals surface area contributed by atoms with Crippen molar-refractivity contribution >= 4 is 15.9 Å². The van der Waals surface area contributed by atoms with Crippen LogP contribution in [-0.2, 0) is 6.54 Å². The lowest BCUT2D eigenvalue weighted by Crippen LogP contribution is -2.05. The normalized spacial score (nSPS) is 10.7. The van der Waals surface area contributed by atoms with E-state index in [1.54, 1.807) is 13.2 Å². The maximum Gasteiger partial charge on any atom is 0.142 e. The molecule has 0 saturated carbocycles. The minimum absolute atomic E-state index is 0.325. The molecule has 0 fully saturated rings. The van der Waals surface area contributed by atoms with Crippen molar-refractivity contribution in [2.45, 2.75) is 6.54 Å². The van der Waals surface area contributed by atoms with Gasteiger partial charge in [0.1, 0.15) is 22.0 Å². The zero-order valence-corrected chi connectivity index (χ0v) is 11.6. The van der Waals surface area contributed by atoms with Gasteiger partial charge >= 0.3 is 0 Å². The van der Waals surface area contributed by atoms with Crippen molar-refractivity contribution in [2.75, 3.05) is 14.2 Å². The van der Waals surface area contributed by atoms with E-state index in [-0.39, 0.29) is 5.82 Å². The number of nitrogens with one attached hydrogen (secondary N) is 2. The lowest BCUT2D eigenvalue weighted by atomic mass is 10.2. The van der Waals surface area contributed by atoms with Crippen LogP contribution in [0.3, 0.4) is 0 Å². The van der Waals surface area contributed by atoms with E-state index in [0.29, 0.717) is 28.3 Å². The number of hydrogen-bond donors (Lipinski definition) is 2. The second-order valence-corrected chi connectivity index (χ2v) is 4.48. The Kier molecular flexibility index (Phi) is 3.98.